The van der Waals surface area contributed by atoms with E-state index in [1.54, 1.807) is 7.11 Å². The van der Waals surface area contributed by atoms with E-state index < -0.39 is 0 Å². The van der Waals surface area contributed by atoms with Crippen LogP contribution in [0.2, 0.25) is 0 Å². The highest BCUT2D eigenvalue weighted by Gasteiger charge is 2.18. The van der Waals surface area contributed by atoms with Gasteiger partial charge in [-0.05, 0) is 76.2 Å². The maximum Gasteiger partial charge on any atom is 0.222 e. The van der Waals surface area contributed by atoms with Crippen LogP contribution in [0.4, 0.5) is 0 Å². The fourth-order valence-electron chi connectivity index (χ4n) is 4.05. The molecule has 0 aliphatic carbocycles. The average Bonchev–Trinajstić information content (AvgIpc) is 2.68. The summed E-state index contributed by atoms with van der Waals surface area (Å²) in [6.45, 7) is 7.98. The number of rotatable bonds is 9. The molecular formula is C23H38N2O3. The number of ether oxygens (including phenoxy) is 1. The quantitative estimate of drug-likeness (QED) is 0.701. The standard InChI is InChI=1S/C23H38N2O3/c1-4-24(19(2)18-20-11-13-22(28-3)14-12-20)15-7-10-23(27)25-16-5-8-21(26)9-6-17-25/h11-14,19,21,26H,4-10,15-18H2,1-3H3. The van der Waals surface area contributed by atoms with Gasteiger partial charge < -0.3 is 19.6 Å². The molecule has 1 aromatic carbocycles. The Morgan fingerprint density at radius 3 is 2.46 bits per heavy atom. The molecule has 1 aliphatic rings. The van der Waals surface area contributed by atoms with Crippen LogP contribution in [0.5, 0.6) is 5.75 Å². The van der Waals surface area contributed by atoms with Crippen LogP contribution in [0.3, 0.4) is 0 Å². The van der Waals surface area contributed by atoms with Crippen molar-refractivity contribution in [2.75, 3.05) is 33.3 Å². The van der Waals surface area contributed by atoms with Crippen molar-refractivity contribution in [1.29, 1.82) is 0 Å². The van der Waals surface area contributed by atoms with Crippen molar-refractivity contribution in [3.63, 3.8) is 0 Å². The van der Waals surface area contributed by atoms with Crippen molar-refractivity contribution in [3.05, 3.63) is 29.8 Å². The molecule has 0 saturated carbocycles. The van der Waals surface area contributed by atoms with Gasteiger partial charge in [0.2, 0.25) is 5.91 Å². The number of amides is 1. The van der Waals surface area contributed by atoms with Crippen LogP contribution in [0.1, 0.15) is 57.9 Å². The second kappa shape index (κ2) is 12.1. The van der Waals surface area contributed by atoms with Crippen LogP contribution in [-0.4, -0.2) is 66.2 Å². The van der Waals surface area contributed by atoms with Gasteiger partial charge in [0.25, 0.3) is 0 Å². The van der Waals surface area contributed by atoms with E-state index in [9.17, 15) is 9.90 Å². The van der Waals surface area contributed by atoms with Crippen molar-refractivity contribution in [2.45, 2.75) is 70.9 Å². The summed E-state index contributed by atoms with van der Waals surface area (Å²) in [5.74, 6) is 1.16. The predicted octanol–water partition coefficient (Wildman–Crippen LogP) is 3.49. The zero-order valence-electron chi connectivity index (χ0n) is 17.9. The van der Waals surface area contributed by atoms with Gasteiger partial charge >= 0.3 is 0 Å². The van der Waals surface area contributed by atoms with Crippen LogP contribution in [-0.2, 0) is 11.2 Å². The highest BCUT2D eigenvalue weighted by Crippen LogP contribution is 2.16. The van der Waals surface area contributed by atoms with Crippen molar-refractivity contribution < 1.29 is 14.6 Å². The first kappa shape index (κ1) is 22.7. The third-order valence-corrected chi connectivity index (χ3v) is 5.84. The first-order chi connectivity index (χ1) is 13.5. The van der Waals surface area contributed by atoms with Crippen LogP contribution in [0.15, 0.2) is 24.3 Å². The topological polar surface area (TPSA) is 53.0 Å². The van der Waals surface area contributed by atoms with E-state index in [0.29, 0.717) is 12.5 Å². The van der Waals surface area contributed by atoms with E-state index >= 15 is 0 Å². The summed E-state index contributed by atoms with van der Waals surface area (Å²) in [5, 5.41) is 9.74. The molecule has 5 nitrogen and oxygen atoms in total. The molecule has 1 fully saturated rings. The summed E-state index contributed by atoms with van der Waals surface area (Å²) in [6, 6.07) is 8.73. The summed E-state index contributed by atoms with van der Waals surface area (Å²) >= 11 is 0. The van der Waals surface area contributed by atoms with Gasteiger partial charge in [0.05, 0.1) is 13.2 Å². The van der Waals surface area contributed by atoms with Crippen molar-refractivity contribution in [3.8, 4) is 5.75 Å². The van der Waals surface area contributed by atoms with E-state index in [0.717, 1.165) is 70.5 Å². The molecular weight excluding hydrogens is 352 g/mol. The van der Waals surface area contributed by atoms with Crippen LogP contribution < -0.4 is 4.74 Å². The first-order valence-electron chi connectivity index (χ1n) is 10.9. The number of aliphatic hydroxyl groups excluding tert-OH is 1. The minimum atomic E-state index is -0.178. The maximum atomic E-state index is 12.6. The lowest BCUT2D eigenvalue weighted by atomic mass is 10.0. The molecule has 0 bridgehead atoms. The Bertz CT molecular complexity index is 566. The van der Waals surface area contributed by atoms with Gasteiger partial charge in [0, 0.05) is 25.6 Å². The number of hydrogen-bond acceptors (Lipinski definition) is 4. The molecule has 5 heteroatoms. The van der Waals surface area contributed by atoms with Crippen LogP contribution in [0, 0.1) is 0 Å². The molecule has 1 amide bonds. The first-order valence-corrected chi connectivity index (χ1v) is 10.9. The highest BCUT2D eigenvalue weighted by atomic mass is 16.5. The Hall–Kier alpha value is -1.59. The molecule has 1 N–H and O–H groups in total. The Kier molecular flexibility index (Phi) is 9.79. The zero-order valence-corrected chi connectivity index (χ0v) is 17.9. The third-order valence-electron chi connectivity index (χ3n) is 5.84. The predicted molar refractivity (Wildman–Crippen MR) is 114 cm³/mol. The number of aliphatic hydroxyl groups is 1. The van der Waals surface area contributed by atoms with Crippen molar-refractivity contribution >= 4 is 5.91 Å². The SMILES string of the molecule is CCN(CCCC(=O)N1CCCC(O)CCC1)C(C)Cc1ccc(OC)cc1. The minimum Gasteiger partial charge on any atom is -0.497 e. The highest BCUT2D eigenvalue weighted by molar-refractivity contribution is 5.76. The van der Waals surface area contributed by atoms with Gasteiger partial charge in [-0.3, -0.25) is 4.79 Å². The Balaban J connectivity index is 1.74. The van der Waals surface area contributed by atoms with E-state index in [4.69, 9.17) is 4.74 Å². The number of nitrogens with zero attached hydrogens (tertiary/aromatic N) is 2. The fraction of sp³-hybridized carbons (Fsp3) is 0.696. The molecule has 28 heavy (non-hydrogen) atoms. The number of carbonyl (C=O) groups excluding carboxylic acids is 1. The number of likely N-dealkylation sites (tertiary alicyclic amines) is 1. The van der Waals surface area contributed by atoms with E-state index in [-0.39, 0.29) is 12.0 Å². The second-order valence-corrected chi connectivity index (χ2v) is 7.95. The normalized spacial score (nSPS) is 17.2. The van der Waals surface area contributed by atoms with E-state index in [2.05, 4.69) is 30.9 Å². The molecule has 1 unspecified atom stereocenters. The van der Waals surface area contributed by atoms with Gasteiger partial charge in [-0.25, -0.2) is 0 Å². The average molecular weight is 391 g/mol. The Morgan fingerprint density at radius 1 is 1.25 bits per heavy atom. The lowest BCUT2D eigenvalue weighted by molar-refractivity contribution is -0.132. The minimum absolute atomic E-state index is 0.178. The zero-order chi connectivity index (χ0) is 20.4. The van der Waals surface area contributed by atoms with Gasteiger partial charge in [-0.15, -0.1) is 0 Å². The summed E-state index contributed by atoms with van der Waals surface area (Å²) in [7, 11) is 1.69. The Morgan fingerprint density at radius 2 is 1.89 bits per heavy atom. The lowest BCUT2D eigenvalue weighted by Crippen LogP contribution is -2.37. The Labute approximate surface area is 170 Å². The van der Waals surface area contributed by atoms with E-state index in [1.807, 2.05) is 17.0 Å². The fourth-order valence-corrected chi connectivity index (χ4v) is 4.05. The molecule has 0 spiro atoms. The second-order valence-electron chi connectivity index (χ2n) is 7.95. The van der Waals surface area contributed by atoms with Gasteiger partial charge in [-0.1, -0.05) is 19.1 Å². The molecule has 158 valence electrons. The molecule has 2 rings (SSSR count). The van der Waals surface area contributed by atoms with E-state index in [1.165, 1.54) is 5.56 Å². The number of benzene rings is 1. The van der Waals surface area contributed by atoms with Gasteiger partial charge in [-0.2, -0.15) is 0 Å². The number of carbonyl (C=O) groups is 1. The summed E-state index contributed by atoms with van der Waals surface area (Å²) < 4.78 is 5.23. The molecule has 1 saturated heterocycles. The maximum absolute atomic E-state index is 12.6. The molecule has 0 aromatic heterocycles. The lowest BCUT2D eigenvalue weighted by Gasteiger charge is -2.29. The monoisotopic (exact) mass is 390 g/mol. The molecule has 1 heterocycles. The summed E-state index contributed by atoms with van der Waals surface area (Å²) in [4.78, 5) is 17.0. The van der Waals surface area contributed by atoms with Gasteiger partial charge in [0.1, 0.15) is 5.75 Å². The van der Waals surface area contributed by atoms with Gasteiger partial charge in [0.15, 0.2) is 0 Å². The molecule has 0 radical (unpaired) electrons. The largest absolute Gasteiger partial charge is 0.497 e. The number of hydrogen-bond donors (Lipinski definition) is 1. The van der Waals surface area contributed by atoms with Crippen molar-refractivity contribution in [2.24, 2.45) is 0 Å². The number of likely N-dealkylation sites (N-methyl/N-ethyl adjacent to an activating group) is 1. The third kappa shape index (κ3) is 7.44. The summed E-state index contributed by atoms with van der Waals surface area (Å²) in [5.41, 5.74) is 1.31. The molecule has 1 atom stereocenters. The molecule has 1 aliphatic heterocycles. The number of methoxy groups -OCH3 is 1. The van der Waals surface area contributed by atoms with Crippen LogP contribution >= 0.6 is 0 Å². The van der Waals surface area contributed by atoms with Crippen LogP contribution in [0.25, 0.3) is 0 Å². The molecule has 1 aromatic rings. The summed E-state index contributed by atoms with van der Waals surface area (Å²) in [6.07, 6.45) is 5.79. The smallest absolute Gasteiger partial charge is 0.222 e. The van der Waals surface area contributed by atoms with Crippen molar-refractivity contribution in [1.82, 2.24) is 9.80 Å².